The maximum Gasteiger partial charge on any atom is 0.320 e. The molecule has 1 saturated carbocycles. The summed E-state index contributed by atoms with van der Waals surface area (Å²) in [5.74, 6) is -0.103. The zero-order chi connectivity index (χ0) is 16.3. The Morgan fingerprint density at radius 3 is 2.48 bits per heavy atom. The Kier molecular flexibility index (Phi) is 5.09. The van der Waals surface area contributed by atoms with Gasteiger partial charge >= 0.3 is 12.0 Å². The van der Waals surface area contributed by atoms with Gasteiger partial charge in [-0.05, 0) is 43.4 Å². The van der Waals surface area contributed by atoms with Crippen LogP contribution < -0.4 is 10.6 Å². The summed E-state index contributed by atoms with van der Waals surface area (Å²) >= 11 is 0. The predicted molar refractivity (Wildman–Crippen MR) is 87.3 cm³/mol. The number of carbonyl (C=O) groups excluding carboxylic acids is 1. The molecule has 2 aliphatic heterocycles. The van der Waals surface area contributed by atoms with E-state index in [1.165, 1.54) is 32.1 Å². The highest BCUT2D eigenvalue weighted by Gasteiger charge is 2.44. The Morgan fingerprint density at radius 2 is 1.87 bits per heavy atom. The van der Waals surface area contributed by atoms with Crippen LogP contribution in [0.25, 0.3) is 0 Å². The van der Waals surface area contributed by atoms with Crippen molar-refractivity contribution in [2.24, 2.45) is 11.3 Å². The van der Waals surface area contributed by atoms with Crippen molar-refractivity contribution in [1.82, 2.24) is 15.5 Å². The van der Waals surface area contributed by atoms with Crippen LogP contribution in [0.5, 0.6) is 0 Å². The number of likely N-dealkylation sites (tertiary alicyclic amines) is 1. The number of carboxylic acids is 1. The predicted octanol–water partition coefficient (Wildman–Crippen LogP) is 1.80. The number of carbonyl (C=O) groups is 2. The number of nitrogens with one attached hydrogen (secondary N) is 2. The van der Waals surface area contributed by atoms with Gasteiger partial charge in [0.25, 0.3) is 0 Å². The SMILES string of the molecule is O=C(O)C1CC2(CCN(C(=O)NCC3CCCCC3)CC2)CN1. The van der Waals surface area contributed by atoms with Gasteiger partial charge in [-0.3, -0.25) is 4.79 Å². The van der Waals surface area contributed by atoms with Gasteiger partial charge in [0, 0.05) is 26.2 Å². The quantitative estimate of drug-likeness (QED) is 0.740. The molecule has 1 atom stereocenters. The molecule has 3 fully saturated rings. The van der Waals surface area contributed by atoms with Crippen LogP contribution >= 0.6 is 0 Å². The van der Waals surface area contributed by atoms with Gasteiger partial charge in [-0.2, -0.15) is 0 Å². The van der Waals surface area contributed by atoms with Gasteiger partial charge in [0.05, 0.1) is 0 Å². The summed E-state index contributed by atoms with van der Waals surface area (Å²) in [6.07, 6.45) is 8.91. The second-order valence-corrected chi connectivity index (χ2v) is 7.65. The Morgan fingerprint density at radius 1 is 1.17 bits per heavy atom. The van der Waals surface area contributed by atoms with E-state index in [4.69, 9.17) is 5.11 Å². The highest BCUT2D eigenvalue weighted by Crippen LogP contribution is 2.39. The average Bonchev–Trinajstić information content (AvgIpc) is 2.98. The molecule has 6 nitrogen and oxygen atoms in total. The van der Waals surface area contributed by atoms with Gasteiger partial charge in [0.15, 0.2) is 0 Å². The van der Waals surface area contributed by atoms with Crippen molar-refractivity contribution >= 4 is 12.0 Å². The van der Waals surface area contributed by atoms with Gasteiger partial charge in [0.1, 0.15) is 6.04 Å². The van der Waals surface area contributed by atoms with Crippen molar-refractivity contribution in [2.45, 2.75) is 57.4 Å². The number of nitrogens with zero attached hydrogens (tertiary/aromatic N) is 1. The molecular formula is C17H29N3O3. The summed E-state index contributed by atoms with van der Waals surface area (Å²) in [4.78, 5) is 25.3. The summed E-state index contributed by atoms with van der Waals surface area (Å²) in [7, 11) is 0. The van der Waals surface area contributed by atoms with E-state index >= 15 is 0 Å². The van der Waals surface area contributed by atoms with E-state index in [0.29, 0.717) is 12.3 Å². The molecule has 23 heavy (non-hydrogen) atoms. The molecule has 2 saturated heterocycles. The molecule has 0 radical (unpaired) electrons. The third kappa shape index (κ3) is 3.97. The lowest BCUT2D eigenvalue weighted by Crippen LogP contribution is -2.48. The Balaban J connectivity index is 1.41. The minimum absolute atomic E-state index is 0.0613. The molecule has 0 aromatic heterocycles. The molecule has 3 N–H and O–H groups in total. The van der Waals surface area contributed by atoms with Crippen molar-refractivity contribution < 1.29 is 14.7 Å². The fourth-order valence-electron chi connectivity index (χ4n) is 4.39. The fraction of sp³-hybridized carbons (Fsp3) is 0.882. The first-order valence-electron chi connectivity index (χ1n) is 9.07. The molecule has 1 aliphatic carbocycles. The van der Waals surface area contributed by atoms with Crippen molar-refractivity contribution in [1.29, 1.82) is 0 Å². The van der Waals surface area contributed by atoms with E-state index in [-0.39, 0.29) is 11.4 Å². The molecule has 3 rings (SSSR count). The lowest BCUT2D eigenvalue weighted by Gasteiger charge is -2.39. The minimum Gasteiger partial charge on any atom is -0.480 e. The molecule has 0 aromatic carbocycles. The van der Waals surface area contributed by atoms with Gasteiger partial charge in [0.2, 0.25) is 0 Å². The number of urea groups is 1. The number of hydrogen-bond donors (Lipinski definition) is 3. The average molecular weight is 323 g/mol. The number of hydrogen-bond acceptors (Lipinski definition) is 3. The van der Waals surface area contributed by atoms with E-state index in [0.717, 1.165) is 39.0 Å². The summed E-state index contributed by atoms with van der Waals surface area (Å²) in [6.45, 7) is 3.06. The largest absolute Gasteiger partial charge is 0.480 e. The molecular weight excluding hydrogens is 294 g/mol. The maximum absolute atomic E-state index is 12.3. The molecule has 1 spiro atoms. The molecule has 2 amide bonds. The topological polar surface area (TPSA) is 81.7 Å². The van der Waals surface area contributed by atoms with Gasteiger partial charge in [-0.25, -0.2) is 4.79 Å². The number of aliphatic carboxylic acids is 1. The Labute approximate surface area is 138 Å². The summed E-state index contributed by atoms with van der Waals surface area (Å²) in [5.41, 5.74) is 0.0726. The first-order valence-corrected chi connectivity index (χ1v) is 9.07. The lowest BCUT2D eigenvalue weighted by molar-refractivity contribution is -0.139. The molecule has 3 aliphatic rings. The summed E-state index contributed by atoms with van der Waals surface area (Å²) < 4.78 is 0. The van der Waals surface area contributed by atoms with Crippen molar-refractivity contribution in [3.8, 4) is 0 Å². The standard InChI is InChI=1S/C17H29N3O3/c21-15(22)14-10-17(12-19-14)6-8-20(9-7-17)16(23)18-11-13-4-2-1-3-5-13/h13-14,19H,1-12H2,(H,18,23)(H,21,22). The second kappa shape index (κ2) is 7.07. The second-order valence-electron chi connectivity index (χ2n) is 7.65. The summed E-state index contributed by atoms with van der Waals surface area (Å²) in [5, 5.41) is 15.3. The van der Waals surface area contributed by atoms with Crippen LogP contribution in [0, 0.1) is 11.3 Å². The van der Waals surface area contributed by atoms with Crippen LogP contribution in [-0.2, 0) is 4.79 Å². The molecule has 0 aromatic rings. The van der Waals surface area contributed by atoms with Crippen LogP contribution in [0.4, 0.5) is 4.79 Å². The lowest BCUT2D eigenvalue weighted by atomic mass is 9.76. The fourth-order valence-corrected chi connectivity index (χ4v) is 4.39. The van der Waals surface area contributed by atoms with Gasteiger partial charge in [-0.1, -0.05) is 19.3 Å². The molecule has 130 valence electrons. The Bertz CT molecular complexity index is 440. The van der Waals surface area contributed by atoms with Crippen LogP contribution in [0.15, 0.2) is 0 Å². The van der Waals surface area contributed by atoms with Crippen LogP contribution in [0.3, 0.4) is 0 Å². The first kappa shape index (κ1) is 16.6. The van der Waals surface area contributed by atoms with Gasteiger partial charge < -0.3 is 20.6 Å². The number of rotatable bonds is 3. The van der Waals surface area contributed by atoms with E-state index < -0.39 is 12.0 Å². The van der Waals surface area contributed by atoms with E-state index in [9.17, 15) is 9.59 Å². The molecule has 0 bridgehead atoms. The van der Waals surface area contributed by atoms with E-state index in [1.54, 1.807) is 0 Å². The molecule has 6 heteroatoms. The van der Waals surface area contributed by atoms with Crippen LogP contribution in [-0.4, -0.2) is 54.2 Å². The minimum atomic E-state index is -0.755. The smallest absolute Gasteiger partial charge is 0.320 e. The van der Waals surface area contributed by atoms with Crippen LogP contribution in [0.2, 0.25) is 0 Å². The molecule has 1 unspecified atom stereocenters. The zero-order valence-corrected chi connectivity index (χ0v) is 13.9. The number of amides is 2. The molecule has 2 heterocycles. The van der Waals surface area contributed by atoms with Crippen LogP contribution in [0.1, 0.15) is 51.4 Å². The summed E-state index contributed by atoms with van der Waals surface area (Å²) in [6, 6.07) is -0.354. The number of carboxylic acid groups (broad SMARTS) is 1. The Hall–Kier alpha value is -1.30. The van der Waals surface area contributed by atoms with Crippen molar-refractivity contribution in [3.63, 3.8) is 0 Å². The van der Waals surface area contributed by atoms with Crippen molar-refractivity contribution in [2.75, 3.05) is 26.2 Å². The van der Waals surface area contributed by atoms with Gasteiger partial charge in [-0.15, -0.1) is 0 Å². The first-order chi connectivity index (χ1) is 11.1. The maximum atomic E-state index is 12.3. The zero-order valence-electron chi connectivity index (χ0n) is 13.9. The van der Waals surface area contributed by atoms with E-state index in [1.807, 2.05) is 4.90 Å². The third-order valence-corrected chi connectivity index (χ3v) is 6.04. The number of piperidine rings is 1. The highest BCUT2D eigenvalue weighted by atomic mass is 16.4. The van der Waals surface area contributed by atoms with E-state index in [2.05, 4.69) is 10.6 Å². The highest BCUT2D eigenvalue weighted by molar-refractivity contribution is 5.75. The normalized spacial score (nSPS) is 28.0. The third-order valence-electron chi connectivity index (χ3n) is 6.04. The monoisotopic (exact) mass is 323 g/mol. The van der Waals surface area contributed by atoms with Crippen molar-refractivity contribution in [3.05, 3.63) is 0 Å².